The summed E-state index contributed by atoms with van der Waals surface area (Å²) in [7, 11) is 0. The highest BCUT2D eigenvalue weighted by Crippen LogP contribution is 2.25. The van der Waals surface area contributed by atoms with E-state index in [0.29, 0.717) is 24.7 Å². The van der Waals surface area contributed by atoms with E-state index in [1.165, 1.54) is 24.8 Å². The lowest BCUT2D eigenvalue weighted by Crippen LogP contribution is -2.41. The van der Waals surface area contributed by atoms with Crippen molar-refractivity contribution in [2.75, 3.05) is 0 Å². The first-order valence-electron chi connectivity index (χ1n) is 10.5. The quantitative estimate of drug-likeness (QED) is 0.569. The van der Waals surface area contributed by atoms with Crippen LogP contribution in [0.25, 0.3) is 11.4 Å². The van der Waals surface area contributed by atoms with Gasteiger partial charge >= 0.3 is 0 Å². The van der Waals surface area contributed by atoms with Crippen molar-refractivity contribution in [3.63, 3.8) is 0 Å². The number of hydrogen-bond acceptors (Lipinski definition) is 4. The van der Waals surface area contributed by atoms with Crippen molar-refractivity contribution in [2.45, 2.75) is 57.5 Å². The summed E-state index contributed by atoms with van der Waals surface area (Å²) in [5.41, 5.74) is 2.11. The van der Waals surface area contributed by atoms with Crippen LogP contribution in [-0.2, 0) is 17.8 Å². The summed E-state index contributed by atoms with van der Waals surface area (Å²) in [5.74, 6) is 1.24. The molecule has 3 aromatic rings. The standard InChI is InChI=1S/C24H27N3O2/c28-23(17-16-19-10-4-1-5-11-19)27(21-14-8-3-9-15-21)18-22-25-24(26-29-22)20-12-6-2-7-13-20/h1-2,4-7,10-13,21H,3,8-9,14-18H2. The summed E-state index contributed by atoms with van der Waals surface area (Å²) in [5, 5.41) is 4.11. The molecule has 0 spiro atoms. The second kappa shape index (κ2) is 9.50. The Hall–Kier alpha value is -2.95. The van der Waals surface area contributed by atoms with E-state index in [2.05, 4.69) is 22.3 Å². The average Bonchev–Trinajstić information content (AvgIpc) is 3.26. The normalized spacial score (nSPS) is 14.6. The Labute approximate surface area is 171 Å². The van der Waals surface area contributed by atoms with Gasteiger partial charge in [0, 0.05) is 18.0 Å². The van der Waals surface area contributed by atoms with Gasteiger partial charge in [-0.3, -0.25) is 4.79 Å². The maximum atomic E-state index is 13.1. The minimum Gasteiger partial charge on any atom is -0.337 e. The van der Waals surface area contributed by atoms with Crippen LogP contribution >= 0.6 is 0 Å². The number of aromatic nitrogens is 2. The molecule has 1 aliphatic rings. The number of carbonyl (C=O) groups is 1. The molecule has 1 heterocycles. The van der Waals surface area contributed by atoms with Crippen LogP contribution in [0.2, 0.25) is 0 Å². The van der Waals surface area contributed by atoms with Gasteiger partial charge in [-0.25, -0.2) is 0 Å². The summed E-state index contributed by atoms with van der Waals surface area (Å²) >= 11 is 0. The maximum absolute atomic E-state index is 13.1. The molecule has 1 aromatic heterocycles. The number of hydrogen-bond donors (Lipinski definition) is 0. The molecule has 0 radical (unpaired) electrons. The molecular formula is C24H27N3O2. The Bertz CT molecular complexity index is 902. The van der Waals surface area contributed by atoms with E-state index in [1.807, 2.05) is 53.4 Å². The topological polar surface area (TPSA) is 59.2 Å². The molecule has 150 valence electrons. The number of carbonyl (C=O) groups excluding carboxylic acids is 1. The summed E-state index contributed by atoms with van der Waals surface area (Å²) in [4.78, 5) is 19.7. The Morgan fingerprint density at radius 2 is 1.66 bits per heavy atom. The fraction of sp³-hybridized carbons (Fsp3) is 0.375. The Kier molecular flexibility index (Phi) is 6.35. The predicted octanol–water partition coefficient (Wildman–Crippen LogP) is 5.03. The summed E-state index contributed by atoms with van der Waals surface area (Å²) in [6.07, 6.45) is 6.95. The minimum atomic E-state index is 0.167. The van der Waals surface area contributed by atoms with Gasteiger partial charge < -0.3 is 9.42 Å². The molecule has 1 saturated carbocycles. The van der Waals surface area contributed by atoms with E-state index in [-0.39, 0.29) is 11.9 Å². The zero-order chi connectivity index (χ0) is 19.9. The van der Waals surface area contributed by atoms with E-state index >= 15 is 0 Å². The third-order valence-corrected chi connectivity index (χ3v) is 5.61. The molecule has 0 aliphatic heterocycles. The molecule has 29 heavy (non-hydrogen) atoms. The third-order valence-electron chi connectivity index (χ3n) is 5.61. The molecule has 0 unspecified atom stereocenters. The van der Waals surface area contributed by atoms with Crippen LogP contribution in [0.4, 0.5) is 0 Å². The highest BCUT2D eigenvalue weighted by Gasteiger charge is 2.27. The molecule has 0 bridgehead atoms. The van der Waals surface area contributed by atoms with Crippen LogP contribution in [-0.4, -0.2) is 27.0 Å². The van der Waals surface area contributed by atoms with Crippen molar-refractivity contribution in [1.29, 1.82) is 0 Å². The van der Waals surface area contributed by atoms with Gasteiger partial charge in [0.05, 0.1) is 0 Å². The largest absolute Gasteiger partial charge is 0.337 e. The van der Waals surface area contributed by atoms with Crippen molar-refractivity contribution in [3.8, 4) is 11.4 Å². The maximum Gasteiger partial charge on any atom is 0.246 e. The van der Waals surface area contributed by atoms with Gasteiger partial charge in [-0.2, -0.15) is 4.98 Å². The second-order valence-corrected chi connectivity index (χ2v) is 7.68. The van der Waals surface area contributed by atoms with Crippen LogP contribution in [0, 0.1) is 0 Å². The smallest absolute Gasteiger partial charge is 0.246 e. The van der Waals surface area contributed by atoms with Crippen molar-refractivity contribution in [2.24, 2.45) is 0 Å². The van der Waals surface area contributed by atoms with E-state index in [1.54, 1.807) is 0 Å². The molecule has 0 saturated heterocycles. The molecule has 4 rings (SSSR count). The van der Waals surface area contributed by atoms with Gasteiger partial charge in [-0.05, 0) is 24.8 Å². The third kappa shape index (κ3) is 5.11. The highest BCUT2D eigenvalue weighted by atomic mass is 16.5. The molecule has 1 aliphatic carbocycles. The molecule has 5 heteroatoms. The fourth-order valence-electron chi connectivity index (χ4n) is 4.02. The van der Waals surface area contributed by atoms with Crippen LogP contribution < -0.4 is 0 Å². The highest BCUT2D eigenvalue weighted by molar-refractivity contribution is 5.76. The van der Waals surface area contributed by atoms with E-state index in [0.717, 1.165) is 24.8 Å². The molecule has 1 amide bonds. The molecule has 0 atom stereocenters. The summed E-state index contributed by atoms with van der Waals surface area (Å²) in [6, 6.07) is 20.2. The van der Waals surface area contributed by atoms with Crippen molar-refractivity contribution in [3.05, 3.63) is 72.1 Å². The van der Waals surface area contributed by atoms with Crippen LogP contribution in [0.1, 0.15) is 50.0 Å². The first-order valence-corrected chi connectivity index (χ1v) is 10.5. The van der Waals surface area contributed by atoms with Crippen molar-refractivity contribution in [1.82, 2.24) is 15.0 Å². The molecule has 2 aromatic carbocycles. The number of rotatable bonds is 7. The number of aryl methyl sites for hydroxylation is 1. The van der Waals surface area contributed by atoms with E-state index in [4.69, 9.17) is 4.52 Å². The van der Waals surface area contributed by atoms with Gasteiger partial charge in [0.15, 0.2) is 0 Å². The molecule has 0 N–H and O–H groups in total. The Morgan fingerprint density at radius 1 is 0.966 bits per heavy atom. The van der Waals surface area contributed by atoms with E-state index < -0.39 is 0 Å². The monoisotopic (exact) mass is 389 g/mol. The lowest BCUT2D eigenvalue weighted by Gasteiger charge is -2.33. The van der Waals surface area contributed by atoms with Crippen molar-refractivity contribution < 1.29 is 9.32 Å². The lowest BCUT2D eigenvalue weighted by atomic mass is 9.93. The zero-order valence-electron chi connectivity index (χ0n) is 16.7. The number of benzene rings is 2. The Morgan fingerprint density at radius 3 is 2.38 bits per heavy atom. The number of amides is 1. The summed E-state index contributed by atoms with van der Waals surface area (Å²) in [6.45, 7) is 0.387. The van der Waals surface area contributed by atoms with E-state index in [9.17, 15) is 4.79 Å². The number of nitrogens with zero attached hydrogens (tertiary/aromatic N) is 3. The van der Waals surface area contributed by atoms with Gasteiger partial charge in [0.2, 0.25) is 17.6 Å². The van der Waals surface area contributed by atoms with Gasteiger partial charge in [0.25, 0.3) is 0 Å². The zero-order valence-corrected chi connectivity index (χ0v) is 16.7. The van der Waals surface area contributed by atoms with Crippen LogP contribution in [0.3, 0.4) is 0 Å². The van der Waals surface area contributed by atoms with Gasteiger partial charge in [0.1, 0.15) is 6.54 Å². The first kappa shape index (κ1) is 19.4. The van der Waals surface area contributed by atoms with Crippen LogP contribution in [0.5, 0.6) is 0 Å². The average molecular weight is 389 g/mol. The predicted molar refractivity (Wildman–Crippen MR) is 112 cm³/mol. The first-order chi connectivity index (χ1) is 14.3. The van der Waals surface area contributed by atoms with Crippen molar-refractivity contribution >= 4 is 5.91 Å². The summed E-state index contributed by atoms with van der Waals surface area (Å²) < 4.78 is 5.50. The second-order valence-electron chi connectivity index (χ2n) is 7.68. The molecular weight excluding hydrogens is 362 g/mol. The van der Waals surface area contributed by atoms with Crippen LogP contribution in [0.15, 0.2) is 65.2 Å². The molecule has 5 nitrogen and oxygen atoms in total. The van der Waals surface area contributed by atoms with Gasteiger partial charge in [-0.1, -0.05) is 85.1 Å². The molecule has 1 fully saturated rings. The van der Waals surface area contributed by atoms with Gasteiger partial charge in [-0.15, -0.1) is 0 Å². The minimum absolute atomic E-state index is 0.167. The SMILES string of the molecule is O=C(CCc1ccccc1)N(Cc1nc(-c2ccccc2)no1)C1CCCCC1. The fourth-order valence-corrected chi connectivity index (χ4v) is 4.02. The lowest BCUT2D eigenvalue weighted by molar-refractivity contribution is -0.135. The Balaban J connectivity index is 1.47.